The lowest BCUT2D eigenvalue weighted by Gasteiger charge is -2.35. The van der Waals surface area contributed by atoms with Gasteiger partial charge in [0, 0.05) is 35.3 Å². The number of benzene rings is 2. The first-order chi connectivity index (χ1) is 12.3. The fourth-order valence-electron chi connectivity index (χ4n) is 3.46. The molecule has 1 atom stereocenters. The molecule has 0 saturated carbocycles. The highest BCUT2D eigenvalue weighted by molar-refractivity contribution is 6.31. The highest BCUT2D eigenvalue weighted by Crippen LogP contribution is 2.40. The van der Waals surface area contributed by atoms with Gasteiger partial charge in [-0.1, -0.05) is 48.0 Å². The lowest BCUT2D eigenvalue weighted by atomic mass is 9.94. The van der Waals surface area contributed by atoms with Crippen molar-refractivity contribution in [1.82, 2.24) is 9.88 Å². The van der Waals surface area contributed by atoms with Crippen molar-refractivity contribution in [1.29, 1.82) is 0 Å². The first-order valence-corrected chi connectivity index (χ1v) is 8.76. The largest absolute Gasteiger partial charge is 0.505 e. The lowest BCUT2D eigenvalue weighted by molar-refractivity contribution is 0.0236. The van der Waals surface area contributed by atoms with Gasteiger partial charge < -0.3 is 9.84 Å². The minimum atomic E-state index is -0.135. The van der Waals surface area contributed by atoms with Gasteiger partial charge in [-0.25, -0.2) is 0 Å². The summed E-state index contributed by atoms with van der Waals surface area (Å²) in [4.78, 5) is 6.66. The molecule has 5 heteroatoms. The minimum Gasteiger partial charge on any atom is -0.505 e. The number of nitrogens with zero attached hydrogens (tertiary/aromatic N) is 2. The zero-order valence-electron chi connectivity index (χ0n) is 13.7. The van der Waals surface area contributed by atoms with E-state index < -0.39 is 0 Å². The molecule has 1 fully saturated rings. The summed E-state index contributed by atoms with van der Waals surface area (Å²) in [6.45, 7) is 2.92. The molecule has 0 unspecified atom stereocenters. The van der Waals surface area contributed by atoms with E-state index in [4.69, 9.17) is 16.3 Å². The van der Waals surface area contributed by atoms with Crippen LogP contribution in [0.25, 0.3) is 10.9 Å². The van der Waals surface area contributed by atoms with Gasteiger partial charge in [-0.05, 0) is 17.7 Å². The van der Waals surface area contributed by atoms with Gasteiger partial charge in [0.05, 0.1) is 19.3 Å². The summed E-state index contributed by atoms with van der Waals surface area (Å²) < 4.78 is 5.50. The summed E-state index contributed by atoms with van der Waals surface area (Å²) in [5, 5.41) is 12.6. The van der Waals surface area contributed by atoms with Gasteiger partial charge in [0.1, 0.15) is 11.3 Å². The molecule has 4 nitrogen and oxygen atoms in total. The summed E-state index contributed by atoms with van der Waals surface area (Å²) in [5.74, 6) is 0.217. The van der Waals surface area contributed by atoms with Gasteiger partial charge in [-0.2, -0.15) is 0 Å². The van der Waals surface area contributed by atoms with Crippen molar-refractivity contribution in [2.45, 2.75) is 6.04 Å². The van der Waals surface area contributed by atoms with Crippen LogP contribution in [0, 0.1) is 0 Å². The fourth-order valence-corrected chi connectivity index (χ4v) is 3.70. The molecule has 1 aromatic heterocycles. The van der Waals surface area contributed by atoms with Crippen LogP contribution < -0.4 is 0 Å². The third kappa shape index (κ3) is 3.09. The molecule has 2 heterocycles. The Kier molecular flexibility index (Phi) is 4.57. The molecule has 3 aromatic rings. The Morgan fingerprint density at radius 3 is 2.60 bits per heavy atom. The summed E-state index contributed by atoms with van der Waals surface area (Å²) >= 11 is 6.50. The third-order valence-corrected chi connectivity index (χ3v) is 5.03. The topological polar surface area (TPSA) is 45.6 Å². The second-order valence-electron chi connectivity index (χ2n) is 6.15. The zero-order chi connectivity index (χ0) is 17.2. The lowest BCUT2D eigenvalue weighted by Crippen LogP contribution is -2.39. The predicted molar refractivity (Wildman–Crippen MR) is 99.1 cm³/mol. The van der Waals surface area contributed by atoms with E-state index in [9.17, 15) is 5.11 Å². The maximum absolute atomic E-state index is 10.9. The quantitative estimate of drug-likeness (QED) is 0.771. The number of phenolic OH excluding ortho intramolecular Hbond substituents is 1. The smallest absolute Gasteiger partial charge is 0.146 e. The molecular formula is C20H19ClN2O2. The van der Waals surface area contributed by atoms with Crippen molar-refractivity contribution in [3.05, 3.63) is 70.9 Å². The summed E-state index contributed by atoms with van der Waals surface area (Å²) in [7, 11) is 0. The monoisotopic (exact) mass is 354 g/mol. The normalized spacial score (nSPS) is 16.8. The van der Waals surface area contributed by atoms with E-state index in [2.05, 4.69) is 9.88 Å². The van der Waals surface area contributed by atoms with Crippen LogP contribution in [0.3, 0.4) is 0 Å². The average molecular weight is 355 g/mol. The molecule has 0 spiro atoms. The number of aromatic nitrogens is 1. The van der Waals surface area contributed by atoms with Gasteiger partial charge in [0.25, 0.3) is 0 Å². The molecule has 1 aliphatic rings. The molecule has 0 amide bonds. The molecule has 0 radical (unpaired) electrons. The number of ether oxygens (including phenoxy) is 1. The Balaban J connectivity index is 1.89. The van der Waals surface area contributed by atoms with E-state index in [0.717, 1.165) is 29.6 Å². The van der Waals surface area contributed by atoms with E-state index >= 15 is 0 Å². The van der Waals surface area contributed by atoms with Crippen LogP contribution in [-0.4, -0.2) is 41.3 Å². The van der Waals surface area contributed by atoms with Crippen LogP contribution in [0.4, 0.5) is 0 Å². The Morgan fingerprint density at radius 1 is 1.00 bits per heavy atom. The number of fused-ring (bicyclic) bond motifs is 1. The molecule has 4 rings (SSSR count). The number of aromatic hydroxyl groups is 1. The third-order valence-electron chi connectivity index (χ3n) is 4.68. The molecule has 0 aliphatic carbocycles. The Hall–Kier alpha value is -2.14. The van der Waals surface area contributed by atoms with Crippen LogP contribution in [-0.2, 0) is 4.74 Å². The van der Waals surface area contributed by atoms with Crippen LogP contribution in [0.2, 0.25) is 5.02 Å². The maximum Gasteiger partial charge on any atom is 0.146 e. The van der Waals surface area contributed by atoms with Crippen LogP contribution >= 0.6 is 11.6 Å². The molecule has 1 saturated heterocycles. The maximum atomic E-state index is 10.9. The number of halogens is 1. The van der Waals surface area contributed by atoms with E-state index in [1.807, 2.05) is 48.5 Å². The zero-order valence-corrected chi connectivity index (χ0v) is 14.5. The van der Waals surface area contributed by atoms with E-state index in [1.54, 1.807) is 6.20 Å². The van der Waals surface area contributed by atoms with Crippen molar-refractivity contribution in [3.8, 4) is 5.75 Å². The molecule has 128 valence electrons. The van der Waals surface area contributed by atoms with Crippen molar-refractivity contribution >= 4 is 22.5 Å². The predicted octanol–water partition coefficient (Wildman–Crippen LogP) is 4.02. The van der Waals surface area contributed by atoms with Gasteiger partial charge in [0.2, 0.25) is 0 Å². The second-order valence-corrected chi connectivity index (χ2v) is 6.56. The average Bonchev–Trinajstić information content (AvgIpc) is 2.66. The highest BCUT2D eigenvalue weighted by atomic mass is 35.5. The number of rotatable bonds is 3. The molecule has 0 bridgehead atoms. The van der Waals surface area contributed by atoms with Gasteiger partial charge in [-0.15, -0.1) is 0 Å². The number of pyridine rings is 1. The van der Waals surface area contributed by atoms with Crippen LogP contribution in [0.1, 0.15) is 17.2 Å². The van der Waals surface area contributed by atoms with Crippen molar-refractivity contribution < 1.29 is 9.84 Å². The second kappa shape index (κ2) is 7.00. The summed E-state index contributed by atoms with van der Waals surface area (Å²) in [5.41, 5.74) is 2.42. The van der Waals surface area contributed by atoms with E-state index in [-0.39, 0.29) is 11.8 Å². The number of phenols is 1. The molecule has 2 aromatic carbocycles. The number of hydrogen-bond donors (Lipinski definition) is 1. The van der Waals surface area contributed by atoms with Crippen LogP contribution in [0.15, 0.2) is 54.7 Å². The van der Waals surface area contributed by atoms with Gasteiger partial charge in [-0.3, -0.25) is 9.88 Å². The van der Waals surface area contributed by atoms with Crippen molar-refractivity contribution in [2.24, 2.45) is 0 Å². The summed E-state index contributed by atoms with van der Waals surface area (Å²) in [6.07, 6.45) is 1.70. The Labute approximate surface area is 151 Å². The summed E-state index contributed by atoms with van der Waals surface area (Å²) in [6, 6.07) is 15.5. The first-order valence-electron chi connectivity index (χ1n) is 8.38. The van der Waals surface area contributed by atoms with Gasteiger partial charge in [0.15, 0.2) is 0 Å². The molecule has 1 aliphatic heterocycles. The number of morpholine rings is 1. The van der Waals surface area contributed by atoms with Gasteiger partial charge >= 0.3 is 0 Å². The minimum absolute atomic E-state index is 0.135. The molecular weight excluding hydrogens is 336 g/mol. The highest BCUT2D eigenvalue weighted by Gasteiger charge is 2.28. The fraction of sp³-hybridized carbons (Fsp3) is 0.250. The van der Waals surface area contributed by atoms with E-state index in [1.165, 1.54) is 0 Å². The molecule has 1 N–H and O–H groups in total. The van der Waals surface area contributed by atoms with Crippen LogP contribution in [0.5, 0.6) is 5.75 Å². The van der Waals surface area contributed by atoms with Crippen molar-refractivity contribution in [2.75, 3.05) is 26.3 Å². The standard InChI is InChI=1S/C20H19ClN2O2/c21-17-6-2-1-5-15(17)19(23-10-12-25-13-11-23)16-8-7-14-4-3-9-22-18(14)20(16)24/h1-9,19,24H,10-13H2/t19-/m0/s1. The van der Waals surface area contributed by atoms with E-state index in [0.29, 0.717) is 23.8 Å². The number of hydrogen-bond acceptors (Lipinski definition) is 4. The Morgan fingerprint density at radius 2 is 1.80 bits per heavy atom. The first kappa shape index (κ1) is 16.3. The van der Waals surface area contributed by atoms with Crippen molar-refractivity contribution in [3.63, 3.8) is 0 Å². The molecule has 25 heavy (non-hydrogen) atoms. The SMILES string of the molecule is Oc1c([C@H](c2ccccc2Cl)N2CCOCC2)ccc2cccnc12. The Bertz CT molecular complexity index is 894.